The molecule has 0 aliphatic rings. The highest BCUT2D eigenvalue weighted by Crippen LogP contribution is 2.28. The molecule has 0 bridgehead atoms. The van der Waals surface area contributed by atoms with E-state index in [1.54, 1.807) is 6.92 Å². The highest BCUT2D eigenvalue weighted by Gasteiger charge is 2.29. The van der Waals surface area contributed by atoms with Crippen molar-refractivity contribution in [3.05, 3.63) is 29.3 Å². The van der Waals surface area contributed by atoms with Crippen molar-refractivity contribution in [2.45, 2.75) is 44.5 Å². The molecule has 0 aliphatic carbocycles. The van der Waals surface area contributed by atoms with Crippen molar-refractivity contribution < 1.29 is 4.79 Å². The maximum atomic E-state index is 12.1. The third-order valence-electron chi connectivity index (χ3n) is 4.28. The maximum absolute atomic E-state index is 12.1. The topological polar surface area (TPSA) is 90.7 Å². The van der Waals surface area contributed by atoms with E-state index >= 15 is 0 Å². The average molecular weight is 390 g/mol. The molecule has 8 heteroatoms. The van der Waals surface area contributed by atoms with Crippen LogP contribution in [0, 0.1) is 31.1 Å². The third-order valence-corrected chi connectivity index (χ3v) is 6.25. The molecule has 1 amide bonds. The maximum Gasteiger partial charge on any atom is 0.231 e. The van der Waals surface area contributed by atoms with Crippen molar-refractivity contribution in [1.82, 2.24) is 15.5 Å². The number of carbonyl (C=O) groups is 1. The summed E-state index contributed by atoms with van der Waals surface area (Å²) in [6, 6.07) is 8.29. The minimum atomic E-state index is -0.866. The fourth-order valence-corrected chi connectivity index (χ4v) is 3.59. The molecule has 1 heterocycles. The van der Waals surface area contributed by atoms with E-state index in [2.05, 4.69) is 52.9 Å². The fourth-order valence-electron chi connectivity index (χ4n) is 2.02. The molecule has 0 fully saturated rings. The number of nitriles is 1. The van der Waals surface area contributed by atoms with Crippen LogP contribution in [0.15, 0.2) is 22.5 Å². The molecule has 1 aromatic heterocycles. The van der Waals surface area contributed by atoms with Gasteiger partial charge in [0.2, 0.25) is 11.0 Å². The summed E-state index contributed by atoms with van der Waals surface area (Å²) < 4.78 is 0.703. The normalized spacial score (nSPS) is 13.1. The van der Waals surface area contributed by atoms with Gasteiger partial charge in [-0.15, -0.1) is 10.2 Å². The van der Waals surface area contributed by atoms with Gasteiger partial charge < -0.3 is 10.6 Å². The smallest absolute Gasteiger partial charge is 0.231 e. The predicted octanol–water partition coefficient (Wildman–Crippen LogP) is 4.05. The van der Waals surface area contributed by atoms with Gasteiger partial charge in [0.05, 0.1) is 11.8 Å². The lowest BCUT2D eigenvalue weighted by Crippen LogP contribution is -2.49. The zero-order chi connectivity index (χ0) is 19.3. The van der Waals surface area contributed by atoms with Crippen molar-refractivity contribution >= 4 is 39.8 Å². The Morgan fingerprint density at radius 3 is 2.69 bits per heavy atom. The van der Waals surface area contributed by atoms with Gasteiger partial charge in [0.1, 0.15) is 5.54 Å². The SMILES string of the molecule is Cc1ccc(Nc2nnc(SCC(=O)N[C@@](C)(C#N)C(C)C)s2)cc1C. The zero-order valence-corrected chi connectivity index (χ0v) is 17.2. The van der Waals surface area contributed by atoms with Gasteiger partial charge in [-0.3, -0.25) is 4.79 Å². The predicted molar refractivity (Wildman–Crippen MR) is 107 cm³/mol. The molecular formula is C18H23N5OS2. The summed E-state index contributed by atoms with van der Waals surface area (Å²) in [6.07, 6.45) is 0. The number of thioether (sulfide) groups is 1. The van der Waals surface area contributed by atoms with Crippen molar-refractivity contribution in [3.63, 3.8) is 0 Å². The summed E-state index contributed by atoms with van der Waals surface area (Å²) in [5.41, 5.74) is 2.53. The first kappa shape index (κ1) is 20.2. The molecule has 0 saturated carbocycles. The molecule has 138 valence electrons. The van der Waals surface area contributed by atoms with E-state index in [0.717, 1.165) is 5.69 Å². The van der Waals surface area contributed by atoms with E-state index < -0.39 is 5.54 Å². The Morgan fingerprint density at radius 1 is 1.35 bits per heavy atom. The number of carbonyl (C=O) groups excluding carboxylic acids is 1. The van der Waals surface area contributed by atoms with Crippen LogP contribution in [0.4, 0.5) is 10.8 Å². The van der Waals surface area contributed by atoms with Crippen LogP contribution in [0.2, 0.25) is 0 Å². The minimum absolute atomic E-state index is 0.0248. The number of rotatable bonds is 7. The van der Waals surface area contributed by atoms with Crippen molar-refractivity contribution in [1.29, 1.82) is 5.26 Å². The number of hydrogen-bond acceptors (Lipinski definition) is 7. The second kappa shape index (κ2) is 8.52. The quantitative estimate of drug-likeness (QED) is 0.694. The van der Waals surface area contributed by atoms with Gasteiger partial charge in [0, 0.05) is 5.69 Å². The van der Waals surface area contributed by atoms with E-state index in [1.807, 2.05) is 19.9 Å². The van der Waals surface area contributed by atoms with E-state index in [4.69, 9.17) is 0 Å². The molecule has 0 aliphatic heterocycles. The van der Waals surface area contributed by atoms with Crippen LogP contribution in [-0.2, 0) is 4.79 Å². The number of amides is 1. The highest BCUT2D eigenvalue weighted by atomic mass is 32.2. The molecule has 0 spiro atoms. The second-order valence-electron chi connectivity index (χ2n) is 6.60. The van der Waals surface area contributed by atoms with Gasteiger partial charge in [-0.05, 0) is 49.9 Å². The van der Waals surface area contributed by atoms with Crippen LogP contribution in [0.5, 0.6) is 0 Å². The number of nitrogens with zero attached hydrogens (tertiary/aromatic N) is 3. The van der Waals surface area contributed by atoms with Crippen molar-refractivity contribution in [3.8, 4) is 6.07 Å². The summed E-state index contributed by atoms with van der Waals surface area (Å²) in [5, 5.41) is 24.2. The van der Waals surface area contributed by atoms with E-state index in [-0.39, 0.29) is 17.6 Å². The molecule has 0 unspecified atom stereocenters. The molecule has 2 N–H and O–H groups in total. The first-order valence-corrected chi connectivity index (χ1v) is 10.1. The molecule has 2 aromatic rings. The summed E-state index contributed by atoms with van der Waals surface area (Å²) in [5.74, 6) is 0.0331. The van der Waals surface area contributed by atoms with Gasteiger partial charge in [0.25, 0.3) is 0 Å². The first-order valence-electron chi connectivity index (χ1n) is 8.26. The van der Waals surface area contributed by atoms with Gasteiger partial charge >= 0.3 is 0 Å². The lowest BCUT2D eigenvalue weighted by Gasteiger charge is -2.27. The Morgan fingerprint density at radius 2 is 2.08 bits per heavy atom. The van der Waals surface area contributed by atoms with Crippen LogP contribution >= 0.6 is 23.1 Å². The number of aromatic nitrogens is 2. The molecule has 0 radical (unpaired) electrons. The number of nitrogens with one attached hydrogen (secondary N) is 2. The van der Waals surface area contributed by atoms with Crippen LogP contribution in [0.25, 0.3) is 0 Å². The summed E-state index contributed by atoms with van der Waals surface area (Å²) in [6.45, 7) is 9.68. The van der Waals surface area contributed by atoms with E-state index in [9.17, 15) is 10.1 Å². The van der Waals surface area contributed by atoms with Crippen molar-refractivity contribution in [2.24, 2.45) is 5.92 Å². The molecular weight excluding hydrogens is 366 g/mol. The average Bonchev–Trinajstić information content (AvgIpc) is 3.03. The molecule has 2 rings (SSSR count). The van der Waals surface area contributed by atoms with Crippen LogP contribution in [0.1, 0.15) is 31.9 Å². The molecule has 1 atom stereocenters. The van der Waals surface area contributed by atoms with Gasteiger partial charge in [-0.25, -0.2) is 0 Å². The Labute approximate surface area is 162 Å². The van der Waals surface area contributed by atoms with Gasteiger partial charge in [-0.1, -0.05) is 43.0 Å². The Balaban J connectivity index is 1.91. The molecule has 0 saturated heterocycles. The Kier molecular flexibility index (Phi) is 6.62. The number of benzene rings is 1. The van der Waals surface area contributed by atoms with Crippen LogP contribution < -0.4 is 10.6 Å². The second-order valence-corrected chi connectivity index (χ2v) is 8.80. The van der Waals surface area contributed by atoms with E-state index in [0.29, 0.717) is 9.47 Å². The first-order chi connectivity index (χ1) is 12.2. The Bertz CT molecular complexity index is 827. The lowest BCUT2D eigenvalue weighted by atomic mass is 9.90. The highest BCUT2D eigenvalue weighted by molar-refractivity contribution is 8.01. The minimum Gasteiger partial charge on any atom is -0.337 e. The number of anilines is 2. The largest absolute Gasteiger partial charge is 0.337 e. The standard InChI is InChI=1S/C18H23N5OS2/c1-11(2)18(5,10-19)21-15(24)9-25-17-23-22-16(26-17)20-14-7-6-12(3)13(4)8-14/h6-8,11H,9H2,1-5H3,(H,20,22)(H,21,24)/t18-/m0/s1. The fraction of sp³-hybridized carbons (Fsp3) is 0.444. The van der Waals surface area contributed by atoms with Gasteiger partial charge in [-0.2, -0.15) is 5.26 Å². The van der Waals surface area contributed by atoms with E-state index in [1.165, 1.54) is 34.2 Å². The number of hydrogen-bond donors (Lipinski definition) is 2. The van der Waals surface area contributed by atoms with Gasteiger partial charge in [0.15, 0.2) is 4.34 Å². The van der Waals surface area contributed by atoms with Crippen molar-refractivity contribution in [2.75, 3.05) is 11.1 Å². The summed E-state index contributed by atoms with van der Waals surface area (Å²) in [7, 11) is 0. The summed E-state index contributed by atoms with van der Waals surface area (Å²) >= 11 is 2.71. The third kappa shape index (κ3) is 5.19. The van der Waals surface area contributed by atoms with Crippen LogP contribution in [-0.4, -0.2) is 27.4 Å². The molecule has 1 aromatic carbocycles. The monoisotopic (exact) mass is 389 g/mol. The lowest BCUT2D eigenvalue weighted by molar-refractivity contribution is -0.120. The number of aryl methyl sites for hydroxylation is 2. The van der Waals surface area contributed by atoms with Crippen LogP contribution in [0.3, 0.4) is 0 Å². The Hall–Kier alpha value is -2.11. The molecule has 6 nitrogen and oxygen atoms in total. The molecule has 26 heavy (non-hydrogen) atoms. The zero-order valence-electron chi connectivity index (χ0n) is 15.6. The summed E-state index contributed by atoms with van der Waals surface area (Å²) in [4.78, 5) is 12.1.